The topological polar surface area (TPSA) is 75.6 Å². The van der Waals surface area contributed by atoms with Crippen LogP contribution in [0, 0.1) is 0 Å². The van der Waals surface area contributed by atoms with Gasteiger partial charge in [0, 0.05) is 5.92 Å². The fourth-order valence-corrected chi connectivity index (χ4v) is 2.26. The van der Waals surface area contributed by atoms with E-state index >= 15 is 0 Å². The maximum atomic E-state index is 12.7. The third kappa shape index (κ3) is 6.42. The van der Waals surface area contributed by atoms with Crippen LogP contribution in [0.1, 0.15) is 44.7 Å². The van der Waals surface area contributed by atoms with Gasteiger partial charge in [0.15, 0.2) is 0 Å². The van der Waals surface area contributed by atoms with Crippen LogP contribution in [0.4, 0.5) is 18.0 Å². The minimum absolute atomic E-state index is 0.319. The zero-order valence-electron chi connectivity index (χ0n) is 14.9. The number of carbonyl (C=O) groups excluding carboxylic acids is 1. The Hall–Kier alpha value is -2.51. The molecule has 8 heteroatoms. The molecule has 1 aromatic rings. The van der Waals surface area contributed by atoms with Crippen molar-refractivity contribution in [2.75, 3.05) is 0 Å². The molecule has 144 valence electrons. The molecule has 0 aliphatic heterocycles. The second kappa shape index (κ2) is 8.25. The summed E-state index contributed by atoms with van der Waals surface area (Å²) in [6.45, 7) is 6.52. The van der Waals surface area contributed by atoms with Crippen molar-refractivity contribution in [1.82, 2.24) is 5.32 Å². The number of carbonyl (C=O) groups is 2. The minimum Gasteiger partial charge on any atom is -0.480 e. The Morgan fingerprint density at radius 2 is 1.69 bits per heavy atom. The quantitative estimate of drug-likeness (QED) is 0.753. The third-order valence-corrected chi connectivity index (χ3v) is 3.32. The number of rotatable bonds is 5. The van der Waals surface area contributed by atoms with Crippen molar-refractivity contribution < 1.29 is 32.6 Å². The van der Waals surface area contributed by atoms with Gasteiger partial charge in [0.25, 0.3) is 0 Å². The first-order chi connectivity index (χ1) is 11.8. The zero-order chi connectivity index (χ0) is 20.1. The summed E-state index contributed by atoms with van der Waals surface area (Å²) in [6.07, 6.45) is -2.35. The summed E-state index contributed by atoms with van der Waals surface area (Å²) in [6, 6.07) is 2.73. The summed E-state index contributed by atoms with van der Waals surface area (Å²) in [7, 11) is 0. The molecule has 0 bridgehead atoms. The van der Waals surface area contributed by atoms with Gasteiger partial charge in [-0.1, -0.05) is 24.3 Å². The van der Waals surface area contributed by atoms with Crippen LogP contribution < -0.4 is 5.32 Å². The van der Waals surface area contributed by atoms with Crippen molar-refractivity contribution in [2.45, 2.75) is 51.4 Å². The van der Waals surface area contributed by atoms with Gasteiger partial charge in [0.05, 0.1) is 5.56 Å². The van der Waals surface area contributed by atoms with Gasteiger partial charge in [-0.25, -0.2) is 9.59 Å². The molecule has 0 radical (unpaired) electrons. The first kappa shape index (κ1) is 21.5. The molecule has 2 N–H and O–H groups in total. The van der Waals surface area contributed by atoms with Crippen LogP contribution >= 0.6 is 0 Å². The number of halogens is 3. The van der Waals surface area contributed by atoms with Gasteiger partial charge in [-0.3, -0.25) is 0 Å². The number of nitrogens with one attached hydrogen (secondary N) is 1. The fraction of sp³-hybridized carbons (Fsp3) is 0.444. The van der Waals surface area contributed by atoms with Crippen LogP contribution in [0.25, 0.3) is 0 Å². The summed E-state index contributed by atoms with van der Waals surface area (Å²) >= 11 is 0. The molecule has 1 aromatic carbocycles. The Morgan fingerprint density at radius 3 is 2.08 bits per heavy atom. The average molecular weight is 373 g/mol. The number of carboxylic acids is 1. The maximum Gasteiger partial charge on any atom is 0.416 e. The lowest BCUT2D eigenvalue weighted by atomic mass is 9.90. The lowest BCUT2D eigenvalue weighted by Crippen LogP contribution is -2.46. The summed E-state index contributed by atoms with van der Waals surface area (Å²) in [5, 5.41) is 11.7. The fourth-order valence-electron chi connectivity index (χ4n) is 2.26. The molecule has 0 spiro atoms. The SMILES string of the molecule is CC=CC(c1ccc(C(F)(F)F)cc1)C(NC(=O)OC(C)(C)C)C(=O)O. The zero-order valence-corrected chi connectivity index (χ0v) is 14.9. The molecule has 0 aliphatic rings. The first-order valence-corrected chi connectivity index (χ1v) is 7.87. The van der Waals surface area contributed by atoms with Gasteiger partial charge < -0.3 is 15.2 Å². The van der Waals surface area contributed by atoms with Crippen LogP contribution in [0.2, 0.25) is 0 Å². The predicted octanol–water partition coefficient (Wildman–Crippen LogP) is 4.34. The summed E-state index contributed by atoms with van der Waals surface area (Å²) in [4.78, 5) is 23.6. The Balaban J connectivity index is 3.14. The number of alkyl halides is 3. The van der Waals surface area contributed by atoms with E-state index in [1.54, 1.807) is 33.8 Å². The van der Waals surface area contributed by atoms with E-state index in [1.165, 1.54) is 18.2 Å². The van der Waals surface area contributed by atoms with E-state index in [-0.39, 0.29) is 0 Å². The number of carboxylic acid groups (broad SMARTS) is 1. The number of hydrogen-bond acceptors (Lipinski definition) is 3. The van der Waals surface area contributed by atoms with Gasteiger partial charge in [-0.05, 0) is 45.4 Å². The van der Waals surface area contributed by atoms with Crippen molar-refractivity contribution in [3.05, 3.63) is 47.5 Å². The van der Waals surface area contributed by atoms with Crippen LogP contribution in [0.3, 0.4) is 0 Å². The highest BCUT2D eigenvalue weighted by Gasteiger charge is 2.33. The van der Waals surface area contributed by atoms with E-state index in [2.05, 4.69) is 5.32 Å². The van der Waals surface area contributed by atoms with E-state index in [1.807, 2.05) is 0 Å². The summed E-state index contributed by atoms with van der Waals surface area (Å²) < 4.78 is 43.2. The molecule has 1 amide bonds. The van der Waals surface area contributed by atoms with Gasteiger partial charge in [0.2, 0.25) is 0 Å². The number of ether oxygens (including phenoxy) is 1. The Labute approximate surface area is 149 Å². The van der Waals surface area contributed by atoms with Gasteiger partial charge in [-0.2, -0.15) is 13.2 Å². The lowest BCUT2D eigenvalue weighted by molar-refractivity contribution is -0.140. The van der Waals surface area contributed by atoms with E-state index in [4.69, 9.17) is 4.74 Å². The minimum atomic E-state index is -4.49. The molecule has 2 unspecified atom stereocenters. The standard InChI is InChI=1S/C18H22F3NO4/c1-5-6-13(11-7-9-12(10-8-11)18(19,20)21)14(15(23)24)22-16(25)26-17(2,3)4/h5-10,13-14H,1-4H3,(H,22,25)(H,23,24). The second-order valence-corrected chi connectivity index (χ2v) is 6.63. The number of amides is 1. The molecule has 0 saturated heterocycles. The normalized spacial score (nSPS) is 14.7. The molecule has 2 atom stereocenters. The highest BCUT2D eigenvalue weighted by molar-refractivity contribution is 5.81. The third-order valence-electron chi connectivity index (χ3n) is 3.32. The highest BCUT2D eigenvalue weighted by atomic mass is 19.4. The number of aliphatic carboxylic acids is 1. The molecule has 26 heavy (non-hydrogen) atoms. The van der Waals surface area contributed by atoms with Crippen LogP contribution in [0.15, 0.2) is 36.4 Å². The number of alkyl carbamates (subject to hydrolysis) is 1. The second-order valence-electron chi connectivity index (χ2n) is 6.63. The Bertz CT molecular complexity index is 660. The van der Waals surface area contributed by atoms with E-state index < -0.39 is 41.4 Å². The molecular formula is C18H22F3NO4. The smallest absolute Gasteiger partial charge is 0.416 e. The molecule has 0 aromatic heterocycles. The highest BCUT2D eigenvalue weighted by Crippen LogP contribution is 2.31. The molecular weight excluding hydrogens is 351 g/mol. The van der Waals surface area contributed by atoms with E-state index in [0.29, 0.717) is 5.56 Å². The van der Waals surface area contributed by atoms with Crippen LogP contribution in [-0.2, 0) is 15.7 Å². The Kier molecular flexibility index (Phi) is 6.83. The Morgan fingerprint density at radius 1 is 1.15 bits per heavy atom. The predicted molar refractivity (Wildman–Crippen MR) is 89.8 cm³/mol. The van der Waals surface area contributed by atoms with Gasteiger partial charge in [0.1, 0.15) is 11.6 Å². The monoisotopic (exact) mass is 373 g/mol. The van der Waals surface area contributed by atoms with Crippen molar-refractivity contribution >= 4 is 12.1 Å². The average Bonchev–Trinajstić information content (AvgIpc) is 2.48. The molecule has 5 nitrogen and oxygen atoms in total. The number of allylic oxidation sites excluding steroid dienone is 1. The summed E-state index contributed by atoms with van der Waals surface area (Å²) in [5.41, 5.74) is -1.34. The van der Waals surface area contributed by atoms with Crippen LogP contribution in [-0.4, -0.2) is 28.8 Å². The molecule has 0 fully saturated rings. The van der Waals surface area contributed by atoms with Crippen molar-refractivity contribution in [1.29, 1.82) is 0 Å². The maximum absolute atomic E-state index is 12.7. The van der Waals surface area contributed by atoms with E-state index in [0.717, 1.165) is 12.1 Å². The molecule has 1 rings (SSSR count). The van der Waals surface area contributed by atoms with Crippen molar-refractivity contribution in [3.63, 3.8) is 0 Å². The van der Waals surface area contributed by atoms with Gasteiger partial charge >= 0.3 is 18.2 Å². The number of hydrogen-bond donors (Lipinski definition) is 2. The first-order valence-electron chi connectivity index (χ1n) is 7.87. The molecule has 0 aliphatic carbocycles. The summed E-state index contributed by atoms with van der Waals surface area (Å²) in [5.74, 6) is -2.20. The largest absolute Gasteiger partial charge is 0.480 e. The van der Waals surface area contributed by atoms with Crippen molar-refractivity contribution in [2.24, 2.45) is 0 Å². The van der Waals surface area contributed by atoms with E-state index in [9.17, 15) is 27.9 Å². The molecule has 0 heterocycles. The lowest BCUT2D eigenvalue weighted by Gasteiger charge is -2.25. The van der Waals surface area contributed by atoms with Crippen molar-refractivity contribution in [3.8, 4) is 0 Å². The van der Waals surface area contributed by atoms with Gasteiger partial charge in [-0.15, -0.1) is 0 Å². The van der Waals surface area contributed by atoms with Crippen LogP contribution in [0.5, 0.6) is 0 Å². The molecule has 0 saturated carbocycles. The number of benzene rings is 1.